The Hall–Kier alpha value is -3.73. The van der Waals surface area contributed by atoms with E-state index in [4.69, 9.17) is 0 Å². The van der Waals surface area contributed by atoms with Gasteiger partial charge in [0.2, 0.25) is 0 Å². The quantitative estimate of drug-likeness (QED) is 0.0853. The second-order valence-electron chi connectivity index (χ2n) is 9.17. The number of thiophene rings is 1. The Labute approximate surface area is 235 Å². The Morgan fingerprint density at radius 3 is 2.51 bits per heavy atom. The molecule has 0 aliphatic rings. The van der Waals surface area contributed by atoms with Crippen molar-refractivity contribution in [1.29, 1.82) is 10.5 Å². The number of nitrogens with zero attached hydrogens (tertiary/aromatic N) is 5. The molecule has 0 aliphatic carbocycles. The summed E-state index contributed by atoms with van der Waals surface area (Å²) in [6.45, 7) is 9.49. The molecule has 2 unspecified atom stereocenters. The largest absolute Gasteiger partial charge is 0.481 e. The Morgan fingerprint density at radius 2 is 1.90 bits per heavy atom. The molecule has 0 radical (unpaired) electrons. The second-order valence-corrected chi connectivity index (χ2v) is 10.2. The van der Waals surface area contributed by atoms with Crippen LogP contribution in [-0.2, 0) is 4.79 Å². The molecule has 0 fully saturated rings. The fraction of sp³-hybridized carbons (Fsp3) is 0.483. The van der Waals surface area contributed by atoms with Crippen LogP contribution >= 0.6 is 11.3 Å². The molecule has 1 heterocycles. The fourth-order valence-electron chi connectivity index (χ4n) is 4.11. The fourth-order valence-corrected chi connectivity index (χ4v) is 4.99. The average Bonchev–Trinajstić information content (AvgIpc) is 3.24. The topological polar surface area (TPSA) is 145 Å². The average molecular weight is 551 g/mol. The van der Waals surface area contributed by atoms with Gasteiger partial charge >= 0.3 is 5.97 Å². The molecule has 10 heteroatoms. The number of allylic oxidation sites excluding steroid dienone is 2. The van der Waals surface area contributed by atoms with Gasteiger partial charge in [-0.3, -0.25) is 4.79 Å². The predicted molar refractivity (Wildman–Crippen MR) is 156 cm³/mol. The van der Waals surface area contributed by atoms with E-state index in [1.165, 1.54) is 0 Å². The highest BCUT2D eigenvalue weighted by atomic mass is 32.1. The molecule has 208 valence electrons. The molecule has 0 aliphatic heterocycles. The molecule has 3 N–H and O–H groups in total. The molecular formula is C29H38N6O3S. The second kappa shape index (κ2) is 16.3. The van der Waals surface area contributed by atoms with Gasteiger partial charge in [-0.1, -0.05) is 31.9 Å². The lowest BCUT2D eigenvalue weighted by molar-refractivity contribution is -0.142. The molecule has 2 atom stereocenters. The summed E-state index contributed by atoms with van der Waals surface area (Å²) in [4.78, 5) is 14.4. The van der Waals surface area contributed by atoms with Gasteiger partial charge in [-0.05, 0) is 63.8 Å². The maximum atomic E-state index is 11.9. The molecule has 1 aromatic carbocycles. The van der Waals surface area contributed by atoms with Crippen LogP contribution in [0.5, 0.6) is 0 Å². The van der Waals surface area contributed by atoms with Crippen molar-refractivity contribution >= 4 is 39.4 Å². The molecule has 2 rings (SSSR count). The standard InChI is InChI=1S/C29H38N6O3S/c1-5-8-9-10-11-12-13-21(29(37)38)16-27(36)32-25-17-22(35(6-2)7-3)14-15-24(25)33-34-28-23(18-30)20(4)26(19-31)39-28/h11-12,14-15,17,21,27,32,36H,5-10,13,16H2,1-4H3,(H,37,38)/b12-11+,34-33+. The molecule has 39 heavy (non-hydrogen) atoms. The number of anilines is 2. The number of aliphatic carboxylic acids is 1. The molecule has 0 amide bonds. The van der Waals surface area contributed by atoms with Gasteiger partial charge in [-0.25, -0.2) is 0 Å². The number of rotatable bonds is 16. The number of carboxylic acid groups (broad SMARTS) is 1. The van der Waals surface area contributed by atoms with Crippen LogP contribution in [-0.4, -0.2) is 35.5 Å². The minimum atomic E-state index is -1.13. The number of azo groups is 1. The number of carboxylic acids is 1. The lowest BCUT2D eigenvalue weighted by Gasteiger charge is -2.24. The molecule has 0 bridgehead atoms. The van der Waals surface area contributed by atoms with Gasteiger partial charge in [-0.2, -0.15) is 10.5 Å². The molecular weight excluding hydrogens is 512 g/mol. The molecule has 0 spiro atoms. The summed E-state index contributed by atoms with van der Waals surface area (Å²) in [6.07, 6.45) is 7.37. The number of aliphatic hydroxyl groups excluding tert-OH is 1. The van der Waals surface area contributed by atoms with Crippen LogP contribution in [0, 0.1) is 35.5 Å². The predicted octanol–water partition coefficient (Wildman–Crippen LogP) is 7.41. The molecule has 0 saturated heterocycles. The first-order chi connectivity index (χ1) is 18.8. The number of hydrogen-bond donors (Lipinski definition) is 3. The van der Waals surface area contributed by atoms with E-state index in [1.807, 2.05) is 38.1 Å². The number of nitrogens with one attached hydrogen (secondary N) is 1. The highest BCUT2D eigenvalue weighted by Crippen LogP contribution is 2.37. The van der Waals surface area contributed by atoms with Gasteiger partial charge in [0, 0.05) is 25.2 Å². The zero-order valence-corrected chi connectivity index (χ0v) is 24.0. The van der Waals surface area contributed by atoms with E-state index in [-0.39, 0.29) is 6.42 Å². The van der Waals surface area contributed by atoms with Crippen molar-refractivity contribution in [2.75, 3.05) is 23.3 Å². The Kier molecular flexibility index (Phi) is 13.1. The summed E-state index contributed by atoms with van der Waals surface area (Å²) in [5, 5.41) is 51.3. The van der Waals surface area contributed by atoms with Crippen molar-refractivity contribution in [3.8, 4) is 12.1 Å². The van der Waals surface area contributed by atoms with Crippen LogP contribution < -0.4 is 10.2 Å². The Balaban J connectivity index is 2.30. The van der Waals surface area contributed by atoms with Crippen LogP contribution in [0.3, 0.4) is 0 Å². The third-order valence-electron chi connectivity index (χ3n) is 6.44. The Bertz CT molecular complexity index is 1240. The molecule has 0 saturated carbocycles. The number of benzene rings is 1. The third-order valence-corrected chi connectivity index (χ3v) is 7.52. The van der Waals surface area contributed by atoms with Crippen molar-refractivity contribution in [2.45, 2.75) is 72.4 Å². The van der Waals surface area contributed by atoms with Crippen molar-refractivity contribution < 1.29 is 15.0 Å². The Morgan fingerprint density at radius 1 is 1.15 bits per heavy atom. The highest BCUT2D eigenvalue weighted by molar-refractivity contribution is 7.16. The number of carbonyl (C=O) groups is 1. The minimum Gasteiger partial charge on any atom is -0.481 e. The van der Waals surface area contributed by atoms with Crippen LogP contribution in [0.25, 0.3) is 0 Å². The zero-order chi connectivity index (χ0) is 28.8. The lowest BCUT2D eigenvalue weighted by Crippen LogP contribution is -2.26. The first-order valence-corrected chi connectivity index (χ1v) is 14.2. The van der Waals surface area contributed by atoms with Crippen LogP contribution in [0.1, 0.15) is 75.3 Å². The van der Waals surface area contributed by atoms with Gasteiger partial charge < -0.3 is 20.4 Å². The first-order valence-electron chi connectivity index (χ1n) is 13.4. The van der Waals surface area contributed by atoms with Gasteiger partial charge in [-0.15, -0.1) is 21.6 Å². The summed E-state index contributed by atoms with van der Waals surface area (Å²) >= 11 is 1.10. The maximum absolute atomic E-state index is 11.9. The van der Waals surface area contributed by atoms with E-state index in [9.17, 15) is 25.5 Å². The van der Waals surface area contributed by atoms with Crippen molar-refractivity contribution in [2.24, 2.45) is 16.1 Å². The zero-order valence-electron chi connectivity index (χ0n) is 23.1. The first kappa shape index (κ1) is 31.5. The number of hydrogen-bond acceptors (Lipinski definition) is 9. The van der Waals surface area contributed by atoms with E-state index in [0.717, 1.165) is 55.8 Å². The SMILES string of the molecule is CCCCC/C=C/CC(CC(O)Nc1cc(N(CC)CC)ccc1/N=N/c1sc(C#N)c(C)c1C#N)C(=O)O. The number of aliphatic hydroxyl groups is 1. The molecule has 9 nitrogen and oxygen atoms in total. The van der Waals surface area contributed by atoms with Crippen LogP contribution in [0.4, 0.5) is 22.1 Å². The molecule has 2 aromatic rings. The third kappa shape index (κ3) is 9.20. The van der Waals surface area contributed by atoms with Crippen LogP contribution in [0.15, 0.2) is 40.6 Å². The van der Waals surface area contributed by atoms with Crippen LogP contribution in [0.2, 0.25) is 0 Å². The smallest absolute Gasteiger partial charge is 0.306 e. The number of nitriles is 2. The van der Waals surface area contributed by atoms with Crippen molar-refractivity contribution in [3.63, 3.8) is 0 Å². The normalized spacial score (nSPS) is 12.8. The van der Waals surface area contributed by atoms with E-state index in [2.05, 4.69) is 39.5 Å². The summed E-state index contributed by atoms with van der Waals surface area (Å²) in [5.41, 5.74) is 2.70. The summed E-state index contributed by atoms with van der Waals surface area (Å²) in [6, 6.07) is 9.67. The summed E-state index contributed by atoms with van der Waals surface area (Å²) in [7, 11) is 0. The van der Waals surface area contributed by atoms with E-state index >= 15 is 0 Å². The summed E-state index contributed by atoms with van der Waals surface area (Å²) in [5.74, 6) is -1.71. The lowest BCUT2D eigenvalue weighted by atomic mass is 9.99. The highest BCUT2D eigenvalue weighted by Gasteiger charge is 2.21. The van der Waals surface area contributed by atoms with E-state index < -0.39 is 18.1 Å². The van der Waals surface area contributed by atoms with E-state index in [0.29, 0.717) is 38.8 Å². The van der Waals surface area contributed by atoms with Crippen molar-refractivity contribution in [1.82, 2.24) is 0 Å². The minimum absolute atomic E-state index is 0.00887. The van der Waals surface area contributed by atoms with Gasteiger partial charge in [0.15, 0.2) is 5.00 Å². The number of unbranched alkanes of at least 4 members (excludes halogenated alkanes) is 3. The monoisotopic (exact) mass is 550 g/mol. The van der Waals surface area contributed by atoms with Gasteiger partial charge in [0.05, 0.1) is 17.2 Å². The molecule has 1 aromatic heterocycles. The van der Waals surface area contributed by atoms with Gasteiger partial charge in [0.25, 0.3) is 0 Å². The summed E-state index contributed by atoms with van der Waals surface area (Å²) < 4.78 is 0. The van der Waals surface area contributed by atoms with E-state index in [1.54, 1.807) is 13.0 Å². The van der Waals surface area contributed by atoms with Gasteiger partial charge in [0.1, 0.15) is 28.9 Å². The maximum Gasteiger partial charge on any atom is 0.306 e. The van der Waals surface area contributed by atoms with Crippen molar-refractivity contribution in [3.05, 3.63) is 46.4 Å².